The van der Waals surface area contributed by atoms with E-state index in [0.717, 1.165) is 16.6 Å². The standard InChI is InChI=1S/C26H21ClN6O/c1-17(18-5-3-2-4-6-18)30-26-28-14-13-24(32-26)33-16-29-22-15-21(11-12-23(22)33)31-25(34)19-7-9-20(27)10-8-19/h2-17H,1H3,(H,31,34)(H,28,30,32)/t17-/m0/s1. The van der Waals surface area contributed by atoms with Gasteiger partial charge < -0.3 is 10.6 Å². The molecule has 0 saturated heterocycles. The van der Waals surface area contributed by atoms with E-state index < -0.39 is 0 Å². The largest absolute Gasteiger partial charge is 0.348 e. The molecular weight excluding hydrogens is 448 g/mol. The Labute approximate surface area is 201 Å². The number of aromatic nitrogens is 4. The normalized spacial score (nSPS) is 11.8. The molecule has 2 aromatic heterocycles. The molecule has 2 N–H and O–H groups in total. The van der Waals surface area contributed by atoms with E-state index >= 15 is 0 Å². The van der Waals surface area contributed by atoms with Crippen molar-refractivity contribution in [3.8, 4) is 5.82 Å². The van der Waals surface area contributed by atoms with E-state index in [9.17, 15) is 4.79 Å². The predicted octanol–water partition coefficient (Wildman–Crippen LogP) is 5.89. The topological polar surface area (TPSA) is 84.7 Å². The minimum Gasteiger partial charge on any atom is -0.348 e. The van der Waals surface area contributed by atoms with E-state index in [1.165, 1.54) is 0 Å². The molecule has 3 aromatic carbocycles. The van der Waals surface area contributed by atoms with Crippen molar-refractivity contribution in [1.82, 2.24) is 19.5 Å². The summed E-state index contributed by atoms with van der Waals surface area (Å²) in [6.45, 7) is 2.07. The molecular formula is C26H21ClN6O. The van der Waals surface area contributed by atoms with Crippen LogP contribution in [0.25, 0.3) is 16.9 Å². The third-order valence-electron chi connectivity index (χ3n) is 5.44. The number of halogens is 1. The Morgan fingerprint density at radius 2 is 1.76 bits per heavy atom. The fourth-order valence-corrected chi connectivity index (χ4v) is 3.78. The van der Waals surface area contributed by atoms with Crippen molar-refractivity contribution in [1.29, 1.82) is 0 Å². The van der Waals surface area contributed by atoms with E-state index in [1.54, 1.807) is 36.8 Å². The summed E-state index contributed by atoms with van der Waals surface area (Å²) in [6, 6.07) is 24.3. The third kappa shape index (κ3) is 4.60. The molecule has 0 bridgehead atoms. The van der Waals surface area contributed by atoms with Gasteiger partial charge in [-0.2, -0.15) is 4.98 Å². The highest BCUT2D eigenvalue weighted by Gasteiger charge is 2.12. The summed E-state index contributed by atoms with van der Waals surface area (Å²) < 4.78 is 1.89. The fraction of sp³-hybridized carbons (Fsp3) is 0.0769. The first kappa shape index (κ1) is 21.6. The Hall–Kier alpha value is -4.23. The number of anilines is 2. The average molecular weight is 469 g/mol. The zero-order chi connectivity index (χ0) is 23.5. The van der Waals surface area contributed by atoms with Crippen LogP contribution in [-0.4, -0.2) is 25.4 Å². The molecule has 0 saturated carbocycles. The lowest BCUT2D eigenvalue weighted by atomic mass is 10.1. The van der Waals surface area contributed by atoms with E-state index in [-0.39, 0.29) is 11.9 Å². The number of imidazole rings is 1. The SMILES string of the molecule is C[C@H](Nc1nccc(-n2cnc3cc(NC(=O)c4ccc(Cl)cc4)ccc32)n1)c1ccccc1. The van der Waals surface area contributed by atoms with Crippen LogP contribution < -0.4 is 10.6 Å². The fourth-order valence-electron chi connectivity index (χ4n) is 3.65. The van der Waals surface area contributed by atoms with Gasteiger partial charge in [0.1, 0.15) is 12.1 Å². The number of amides is 1. The van der Waals surface area contributed by atoms with Crippen molar-refractivity contribution in [2.75, 3.05) is 10.6 Å². The summed E-state index contributed by atoms with van der Waals surface area (Å²) in [6.07, 6.45) is 3.43. The predicted molar refractivity (Wildman–Crippen MR) is 135 cm³/mol. The Morgan fingerprint density at radius 1 is 0.971 bits per heavy atom. The molecule has 5 aromatic rings. The number of fused-ring (bicyclic) bond motifs is 1. The first-order valence-electron chi connectivity index (χ1n) is 10.8. The van der Waals surface area contributed by atoms with Crippen molar-refractivity contribution >= 4 is 40.2 Å². The average Bonchev–Trinajstić information content (AvgIpc) is 3.28. The molecule has 168 valence electrons. The summed E-state index contributed by atoms with van der Waals surface area (Å²) >= 11 is 5.90. The maximum atomic E-state index is 12.5. The van der Waals surface area contributed by atoms with Crippen LogP contribution in [0.3, 0.4) is 0 Å². The number of nitrogens with one attached hydrogen (secondary N) is 2. The molecule has 0 aliphatic heterocycles. The number of rotatable bonds is 6. The summed E-state index contributed by atoms with van der Waals surface area (Å²) in [7, 11) is 0. The lowest BCUT2D eigenvalue weighted by Crippen LogP contribution is -2.11. The number of hydrogen-bond donors (Lipinski definition) is 2. The first-order chi connectivity index (χ1) is 16.6. The zero-order valence-corrected chi connectivity index (χ0v) is 19.1. The minimum absolute atomic E-state index is 0.0581. The lowest BCUT2D eigenvalue weighted by molar-refractivity contribution is 0.102. The van der Waals surface area contributed by atoms with Crippen molar-refractivity contribution in [2.24, 2.45) is 0 Å². The second kappa shape index (κ2) is 9.33. The smallest absolute Gasteiger partial charge is 0.255 e. The Balaban J connectivity index is 1.36. The second-order valence-electron chi connectivity index (χ2n) is 7.79. The molecule has 2 heterocycles. The molecule has 1 atom stereocenters. The molecule has 0 fully saturated rings. The molecule has 7 nitrogen and oxygen atoms in total. The van der Waals surface area contributed by atoms with Gasteiger partial charge in [0.15, 0.2) is 0 Å². The number of carbonyl (C=O) groups excluding carboxylic acids is 1. The van der Waals surface area contributed by atoms with Crippen LogP contribution in [-0.2, 0) is 0 Å². The third-order valence-corrected chi connectivity index (χ3v) is 5.70. The number of carbonyl (C=O) groups is 1. The second-order valence-corrected chi connectivity index (χ2v) is 8.23. The van der Waals surface area contributed by atoms with Gasteiger partial charge in [0, 0.05) is 22.5 Å². The van der Waals surface area contributed by atoms with E-state index in [2.05, 4.69) is 44.6 Å². The highest BCUT2D eigenvalue weighted by molar-refractivity contribution is 6.30. The van der Waals surface area contributed by atoms with Crippen LogP contribution in [0.1, 0.15) is 28.9 Å². The van der Waals surface area contributed by atoms with Crippen LogP contribution >= 0.6 is 11.6 Å². The van der Waals surface area contributed by atoms with Gasteiger partial charge in [-0.3, -0.25) is 9.36 Å². The Kier molecular flexibility index (Phi) is 5.93. The molecule has 34 heavy (non-hydrogen) atoms. The zero-order valence-electron chi connectivity index (χ0n) is 18.3. The van der Waals surface area contributed by atoms with Gasteiger partial charge in [0.25, 0.3) is 5.91 Å². The molecule has 0 unspecified atom stereocenters. The van der Waals surface area contributed by atoms with Gasteiger partial charge in [0.05, 0.1) is 17.1 Å². The Bertz CT molecular complexity index is 1450. The van der Waals surface area contributed by atoms with E-state index in [1.807, 2.05) is 47.0 Å². The van der Waals surface area contributed by atoms with Crippen LogP contribution in [0.15, 0.2) is 91.4 Å². The van der Waals surface area contributed by atoms with E-state index in [4.69, 9.17) is 11.6 Å². The molecule has 8 heteroatoms. The number of benzene rings is 3. The Morgan fingerprint density at radius 3 is 2.56 bits per heavy atom. The van der Waals surface area contributed by atoms with Crippen molar-refractivity contribution < 1.29 is 4.79 Å². The van der Waals surface area contributed by atoms with Crippen LogP contribution in [0.4, 0.5) is 11.6 Å². The maximum absolute atomic E-state index is 12.5. The van der Waals surface area contributed by atoms with Crippen LogP contribution in [0.2, 0.25) is 5.02 Å². The van der Waals surface area contributed by atoms with Gasteiger partial charge in [-0.25, -0.2) is 9.97 Å². The van der Waals surface area contributed by atoms with Crippen LogP contribution in [0, 0.1) is 0 Å². The monoisotopic (exact) mass is 468 g/mol. The molecule has 1 amide bonds. The van der Waals surface area contributed by atoms with Gasteiger partial charge >= 0.3 is 0 Å². The van der Waals surface area contributed by atoms with Gasteiger partial charge in [-0.05, 0) is 61.0 Å². The highest BCUT2D eigenvalue weighted by atomic mass is 35.5. The van der Waals surface area contributed by atoms with E-state index in [0.29, 0.717) is 28.0 Å². The summed E-state index contributed by atoms with van der Waals surface area (Å²) in [5, 5.41) is 6.83. The summed E-state index contributed by atoms with van der Waals surface area (Å²) in [5.41, 5.74) is 3.93. The van der Waals surface area contributed by atoms with Crippen molar-refractivity contribution in [3.05, 3.63) is 108 Å². The number of hydrogen-bond acceptors (Lipinski definition) is 5. The summed E-state index contributed by atoms with van der Waals surface area (Å²) in [4.78, 5) is 26.0. The van der Waals surface area contributed by atoms with Crippen LogP contribution in [0.5, 0.6) is 0 Å². The quantitative estimate of drug-likeness (QED) is 0.324. The minimum atomic E-state index is -0.213. The van der Waals surface area contributed by atoms with Gasteiger partial charge in [-0.15, -0.1) is 0 Å². The van der Waals surface area contributed by atoms with Crippen molar-refractivity contribution in [3.63, 3.8) is 0 Å². The molecule has 0 aliphatic rings. The molecule has 0 spiro atoms. The number of nitrogens with zero attached hydrogens (tertiary/aromatic N) is 4. The molecule has 0 aliphatic carbocycles. The molecule has 0 radical (unpaired) electrons. The summed E-state index contributed by atoms with van der Waals surface area (Å²) in [5.74, 6) is 1.01. The first-order valence-corrected chi connectivity index (χ1v) is 11.1. The maximum Gasteiger partial charge on any atom is 0.255 e. The van der Waals surface area contributed by atoms with Gasteiger partial charge in [-0.1, -0.05) is 41.9 Å². The lowest BCUT2D eigenvalue weighted by Gasteiger charge is -2.14. The highest BCUT2D eigenvalue weighted by Crippen LogP contribution is 2.23. The van der Waals surface area contributed by atoms with Gasteiger partial charge in [0.2, 0.25) is 5.95 Å². The molecule has 5 rings (SSSR count). The van der Waals surface area contributed by atoms with Crippen molar-refractivity contribution in [2.45, 2.75) is 13.0 Å².